The molecule has 0 unspecified atom stereocenters. The summed E-state index contributed by atoms with van der Waals surface area (Å²) in [6.07, 6.45) is -4.73. The number of carbonyl (C=O) groups is 3. The molecule has 0 aliphatic carbocycles. The summed E-state index contributed by atoms with van der Waals surface area (Å²) in [5, 5.41) is 12.6. The number of hydrogen-bond acceptors (Lipinski definition) is 6. The van der Waals surface area contributed by atoms with Crippen LogP contribution >= 0.6 is 0 Å². The Labute approximate surface area is 269 Å². The van der Waals surface area contributed by atoms with Crippen LogP contribution in [0, 0.1) is 5.92 Å². The number of anilines is 1. The molecule has 0 saturated heterocycles. The van der Waals surface area contributed by atoms with E-state index in [1.165, 1.54) is 23.1 Å². The number of alkyl halides is 3. The van der Waals surface area contributed by atoms with Crippen molar-refractivity contribution in [2.45, 2.75) is 83.7 Å². The normalized spacial score (nSPS) is 20.6. The maximum atomic E-state index is 14.2. The third-order valence-corrected chi connectivity index (χ3v) is 8.05. The molecule has 3 rings (SSSR count). The van der Waals surface area contributed by atoms with Gasteiger partial charge in [-0.2, -0.15) is 13.2 Å². The second-order valence-corrected chi connectivity index (χ2v) is 12.1. The Kier molecular flexibility index (Phi) is 13.9. The van der Waals surface area contributed by atoms with Gasteiger partial charge in [-0.3, -0.25) is 14.4 Å². The molecule has 1 aliphatic rings. The Bertz CT molecular complexity index is 1290. The molecule has 4 atom stereocenters. The van der Waals surface area contributed by atoms with Crippen LogP contribution in [0.1, 0.15) is 68.8 Å². The minimum Gasteiger partial charge on any atom is -0.490 e. The number of benzene rings is 2. The fourth-order valence-electron chi connectivity index (χ4n) is 5.22. The number of carbonyl (C=O) groups excluding carboxylic acids is 3. The largest absolute Gasteiger partial charge is 0.490 e. The van der Waals surface area contributed by atoms with Gasteiger partial charge in [0.05, 0.1) is 43.3 Å². The average molecular weight is 650 g/mol. The lowest BCUT2D eigenvalue weighted by atomic mass is 10.0. The van der Waals surface area contributed by atoms with E-state index in [1.807, 2.05) is 44.2 Å². The van der Waals surface area contributed by atoms with Crippen LogP contribution in [0.2, 0.25) is 0 Å². The third-order valence-electron chi connectivity index (χ3n) is 8.05. The standard InChI is InChI=1S/C34H46F3N3O6/c1-23-20-40(24(2)22-41)33(44)28-19-27(38-31(42)15-16-34(35,36)37)13-14-29(28)46-25(3)10-8-9-17-45-30(23)21-39(4)32(43)18-26-11-6-5-7-12-26/h5-7,11-14,19,23-25,30,41H,8-10,15-18,20-22H2,1-4H3,(H,38,42)/t23-,24-,25+,30-/m0/s1. The summed E-state index contributed by atoms with van der Waals surface area (Å²) in [4.78, 5) is 42.6. The Hall–Kier alpha value is -3.64. The Morgan fingerprint density at radius 2 is 1.85 bits per heavy atom. The molecule has 254 valence electrons. The third kappa shape index (κ3) is 11.6. The van der Waals surface area contributed by atoms with Crippen LogP contribution in [0.25, 0.3) is 0 Å². The Balaban J connectivity index is 1.88. The molecule has 3 amide bonds. The van der Waals surface area contributed by atoms with Gasteiger partial charge >= 0.3 is 6.18 Å². The monoisotopic (exact) mass is 649 g/mol. The minimum absolute atomic E-state index is 0.0669. The van der Waals surface area contributed by atoms with Crippen LogP contribution in [0.15, 0.2) is 48.5 Å². The zero-order valence-corrected chi connectivity index (χ0v) is 27.0. The first-order chi connectivity index (χ1) is 21.8. The van der Waals surface area contributed by atoms with Crippen molar-refractivity contribution < 1.29 is 42.1 Å². The van der Waals surface area contributed by atoms with Crippen LogP contribution in [-0.2, 0) is 20.7 Å². The van der Waals surface area contributed by atoms with Gasteiger partial charge in [0, 0.05) is 44.8 Å². The number of nitrogens with zero attached hydrogens (tertiary/aromatic N) is 2. The van der Waals surface area contributed by atoms with Gasteiger partial charge < -0.3 is 29.7 Å². The smallest absolute Gasteiger partial charge is 0.389 e. The first-order valence-corrected chi connectivity index (χ1v) is 15.8. The highest BCUT2D eigenvalue weighted by molar-refractivity contribution is 5.99. The van der Waals surface area contributed by atoms with E-state index < -0.39 is 43.0 Å². The Morgan fingerprint density at radius 1 is 1.13 bits per heavy atom. The molecule has 0 radical (unpaired) electrons. The summed E-state index contributed by atoms with van der Waals surface area (Å²) < 4.78 is 50.4. The number of rotatable bonds is 9. The van der Waals surface area contributed by atoms with Crippen LogP contribution in [-0.4, -0.2) is 90.4 Å². The molecule has 0 spiro atoms. The maximum Gasteiger partial charge on any atom is 0.389 e. The molecule has 0 aromatic heterocycles. The highest BCUT2D eigenvalue weighted by Crippen LogP contribution is 2.29. The van der Waals surface area contributed by atoms with Gasteiger partial charge in [-0.1, -0.05) is 37.3 Å². The van der Waals surface area contributed by atoms with Crippen molar-refractivity contribution in [3.63, 3.8) is 0 Å². The molecule has 12 heteroatoms. The van der Waals surface area contributed by atoms with Crippen molar-refractivity contribution in [2.24, 2.45) is 5.92 Å². The number of aliphatic hydroxyl groups is 1. The fourth-order valence-corrected chi connectivity index (χ4v) is 5.22. The van der Waals surface area contributed by atoms with E-state index >= 15 is 0 Å². The van der Waals surface area contributed by atoms with Crippen molar-refractivity contribution in [3.8, 4) is 5.75 Å². The molecule has 2 N–H and O–H groups in total. The van der Waals surface area contributed by atoms with E-state index in [0.29, 0.717) is 19.6 Å². The van der Waals surface area contributed by atoms with Crippen LogP contribution < -0.4 is 10.1 Å². The van der Waals surface area contributed by atoms with Gasteiger partial charge in [0.25, 0.3) is 5.91 Å². The second kappa shape index (κ2) is 17.3. The number of hydrogen-bond donors (Lipinski definition) is 2. The number of ether oxygens (including phenoxy) is 2. The molecule has 46 heavy (non-hydrogen) atoms. The topological polar surface area (TPSA) is 108 Å². The van der Waals surface area contributed by atoms with Crippen LogP contribution in [0.3, 0.4) is 0 Å². The summed E-state index contributed by atoms with van der Waals surface area (Å²) in [6, 6.07) is 13.2. The second-order valence-electron chi connectivity index (χ2n) is 12.1. The molecule has 0 fully saturated rings. The molecular formula is C34H46F3N3O6. The van der Waals surface area contributed by atoms with Gasteiger partial charge in [0.1, 0.15) is 5.75 Å². The lowest BCUT2D eigenvalue weighted by Crippen LogP contribution is -2.48. The lowest BCUT2D eigenvalue weighted by Gasteiger charge is -2.36. The molecule has 0 bridgehead atoms. The number of nitrogens with one attached hydrogen (secondary N) is 1. The van der Waals surface area contributed by atoms with Gasteiger partial charge in [-0.25, -0.2) is 0 Å². The Morgan fingerprint density at radius 3 is 2.52 bits per heavy atom. The highest BCUT2D eigenvalue weighted by Gasteiger charge is 2.31. The highest BCUT2D eigenvalue weighted by atomic mass is 19.4. The molecule has 9 nitrogen and oxygen atoms in total. The number of halogens is 3. The SMILES string of the molecule is C[C@@H]1CCCCO[C@@H](CN(C)C(=O)Cc2ccccc2)[C@@H](C)CN([C@@H](C)CO)C(=O)c2cc(NC(=O)CCC(F)(F)F)ccc2O1. The van der Waals surface area contributed by atoms with Crippen molar-refractivity contribution in [3.05, 3.63) is 59.7 Å². The number of fused-ring (bicyclic) bond motifs is 1. The number of aliphatic hydroxyl groups excluding tert-OH is 1. The van der Waals surface area contributed by atoms with Crippen molar-refractivity contribution in [1.29, 1.82) is 0 Å². The zero-order chi connectivity index (χ0) is 33.9. The predicted octanol–water partition coefficient (Wildman–Crippen LogP) is 5.46. The summed E-state index contributed by atoms with van der Waals surface area (Å²) >= 11 is 0. The van der Waals surface area contributed by atoms with E-state index in [9.17, 15) is 32.7 Å². The molecule has 2 aromatic carbocycles. The summed E-state index contributed by atoms with van der Waals surface area (Å²) in [5.41, 5.74) is 1.16. The van der Waals surface area contributed by atoms with Gasteiger partial charge in [-0.05, 0) is 56.9 Å². The summed E-state index contributed by atoms with van der Waals surface area (Å²) in [6.45, 7) is 6.09. The van der Waals surface area contributed by atoms with Gasteiger partial charge in [-0.15, -0.1) is 0 Å². The minimum atomic E-state index is -4.47. The number of likely N-dealkylation sites (N-methyl/N-ethyl adjacent to an activating group) is 1. The molecule has 1 aliphatic heterocycles. The fraction of sp³-hybridized carbons (Fsp3) is 0.559. The predicted molar refractivity (Wildman–Crippen MR) is 169 cm³/mol. The van der Waals surface area contributed by atoms with E-state index in [4.69, 9.17) is 9.47 Å². The first-order valence-electron chi connectivity index (χ1n) is 15.8. The van der Waals surface area contributed by atoms with Crippen molar-refractivity contribution >= 4 is 23.4 Å². The molecule has 0 saturated carbocycles. The van der Waals surface area contributed by atoms with Gasteiger partial charge in [0.2, 0.25) is 11.8 Å². The van der Waals surface area contributed by atoms with Crippen LogP contribution in [0.4, 0.5) is 18.9 Å². The first kappa shape index (κ1) is 36.8. The summed E-state index contributed by atoms with van der Waals surface area (Å²) in [7, 11) is 1.73. The van der Waals surface area contributed by atoms with Gasteiger partial charge in [0.15, 0.2) is 0 Å². The summed E-state index contributed by atoms with van der Waals surface area (Å²) in [5.74, 6) is -1.37. The molecule has 1 heterocycles. The zero-order valence-electron chi connectivity index (χ0n) is 27.0. The van der Waals surface area contributed by atoms with E-state index in [0.717, 1.165) is 18.4 Å². The maximum absolute atomic E-state index is 14.2. The number of amides is 3. The van der Waals surface area contributed by atoms with Crippen molar-refractivity contribution in [2.75, 3.05) is 38.7 Å². The van der Waals surface area contributed by atoms with Crippen LogP contribution in [0.5, 0.6) is 5.75 Å². The van der Waals surface area contributed by atoms with E-state index in [1.54, 1.807) is 18.9 Å². The van der Waals surface area contributed by atoms with E-state index in [2.05, 4.69) is 5.32 Å². The van der Waals surface area contributed by atoms with E-state index in [-0.39, 0.29) is 54.5 Å². The molecular weight excluding hydrogens is 603 g/mol. The lowest BCUT2D eigenvalue weighted by molar-refractivity contribution is -0.142. The average Bonchev–Trinajstić information content (AvgIpc) is 3.01. The molecule has 2 aromatic rings. The quantitative estimate of drug-likeness (QED) is 0.374. The van der Waals surface area contributed by atoms with Crippen molar-refractivity contribution in [1.82, 2.24) is 9.80 Å².